The van der Waals surface area contributed by atoms with E-state index in [1.165, 1.54) is 10.3 Å². The number of amides is 1. The van der Waals surface area contributed by atoms with Gasteiger partial charge in [0, 0.05) is 43.7 Å². The van der Waals surface area contributed by atoms with Crippen LogP contribution in [0.25, 0.3) is 10.9 Å². The molecule has 3 aromatic rings. The first-order chi connectivity index (χ1) is 15.1. The van der Waals surface area contributed by atoms with Crippen LogP contribution in [0.3, 0.4) is 0 Å². The molecule has 3 heterocycles. The number of carbonyl (C=O) groups excluding carboxylic acids is 2. The Morgan fingerprint density at radius 1 is 1.03 bits per heavy atom. The molecule has 7 nitrogen and oxygen atoms in total. The molecule has 31 heavy (non-hydrogen) atoms. The molecule has 1 aromatic heterocycles. The van der Waals surface area contributed by atoms with Crippen LogP contribution in [0.5, 0.6) is 0 Å². The number of carbonyl (C=O) groups is 2. The highest BCUT2D eigenvalue weighted by molar-refractivity contribution is 7.71. The van der Waals surface area contributed by atoms with E-state index in [2.05, 4.69) is 27.3 Å². The van der Waals surface area contributed by atoms with E-state index in [0.717, 1.165) is 24.0 Å². The maximum Gasteiger partial charge on any atom is 0.257 e. The van der Waals surface area contributed by atoms with Crippen LogP contribution in [0.2, 0.25) is 0 Å². The highest BCUT2D eigenvalue weighted by Gasteiger charge is 2.32. The zero-order valence-corrected chi connectivity index (χ0v) is 17.8. The molecule has 1 atom stereocenters. The first-order valence-corrected chi connectivity index (χ1v) is 10.9. The summed E-state index contributed by atoms with van der Waals surface area (Å²) in [5.74, 6) is 0.624. The lowest BCUT2D eigenvalue weighted by Gasteiger charge is -2.36. The summed E-state index contributed by atoms with van der Waals surface area (Å²) in [5.41, 5.74) is 1.94. The van der Waals surface area contributed by atoms with Crippen molar-refractivity contribution in [2.75, 3.05) is 36.4 Å². The Morgan fingerprint density at radius 3 is 2.52 bits per heavy atom. The van der Waals surface area contributed by atoms with E-state index < -0.39 is 6.04 Å². The molecule has 8 heteroatoms. The number of fused-ring (bicyclic) bond motifs is 3. The number of piperazine rings is 1. The minimum absolute atomic E-state index is 0.0878. The minimum Gasteiger partial charge on any atom is -0.368 e. The fourth-order valence-corrected chi connectivity index (χ4v) is 4.62. The molecule has 1 N–H and O–H groups in total. The molecule has 5 rings (SSSR count). The molecule has 2 aliphatic heterocycles. The van der Waals surface area contributed by atoms with Crippen LogP contribution in [-0.4, -0.2) is 58.5 Å². The fraction of sp³-hybridized carbons (Fsp3) is 0.304. The predicted octanol–water partition coefficient (Wildman–Crippen LogP) is 3.33. The molecule has 1 saturated heterocycles. The van der Waals surface area contributed by atoms with Crippen LogP contribution in [0, 0.1) is 4.77 Å². The van der Waals surface area contributed by atoms with Crippen molar-refractivity contribution in [2.45, 2.75) is 18.9 Å². The van der Waals surface area contributed by atoms with E-state index in [-0.39, 0.29) is 16.6 Å². The minimum atomic E-state index is -0.469. The van der Waals surface area contributed by atoms with Crippen LogP contribution in [-0.2, 0) is 4.79 Å². The van der Waals surface area contributed by atoms with Gasteiger partial charge in [-0.1, -0.05) is 30.3 Å². The summed E-state index contributed by atoms with van der Waals surface area (Å²) >= 11 is 5.34. The quantitative estimate of drug-likeness (QED) is 0.637. The molecule has 0 aliphatic carbocycles. The molecule has 2 aromatic carbocycles. The standard InChI is InChI=1S/C23H23N5O2S/c29-20(27-14-12-26(13-15-27)16-6-2-1-3-7-16)11-10-19-22(30)28-21(24-19)17-8-4-5-9-18(17)25-23(28)31/h1-9,19,24H,10-15H2/t19-/m0/s1. The third-order valence-corrected chi connectivity index (χ3v) is 6.29. The van der Waals surface area contributed by atoms with E-state index in [0.29, 0.717) is 31.7 Å². The molecule has 158 valence electrons. The fourth-order valence-electron chi connectivity index (χ4n) is 4.34. The Hall–Kier alpha value is -3.26. The van der Waals surface area contributed by atoms with Gasteiger partial charge in [0.1, 0.15) is 11.9 Å². The van der Waals surface area contributed by atoms with Gasteiger partial charge in [0.15, 0.2) is 0 Å². The lowest BCUT2D eigenvalue weighted by atomic mass is 10.1. The summed E-state index contributed by atoms with van der Waals surface area (Å²) in [6.07, 6.45) is 0.753. The van der Waals surface area contributed by atoms with E-state index in [1.807, 2.05) is 47.4 Å². The van der Waals surface area contributed by atoms with Gasteiger partial charge < -0.3 is 15.1 Å². The number of hydrogen-bond acceptors (Lipinski definition) is 6. The predicted molar refractivity (Wildman–Crippen MR) is 123 cm³/mol. The maximum absolute atomic E-state index is 12.9. The van der Waals surface area contributed by atoms with Crippen molar-refractivity contribution in [2.24, 2.45) is 0 Å². The van der Waals surface area contributed by atoms with Crippen LogP contribution in [0.4, 0.5) is 11.5 Å². The second-order valence-corrected chi connectivity index (χ2v) is 8.24. The summed E-state index contributed by atoms with van der Waals surface area (Å²) in [5, 5.41) is 4.14. The van der Waals surface area contributed by atoms with Gasteiger partial charge >= 0.3 is 0 Å². The number of nitrogens with zero attached hydrogens (tertiary/aromatic N) is 4. The second-order valence-electron chi connectivity index (χ2n) is 7.87. The molecule has 0 radical (unpaired) electrons. The molecule has 0 spiro atoms. The molecule has 0 unspecified atom stereocenters. The van der Waals surface area contributed by atoms with Crippen LogP contribution < -0.4 is 10.2 Å². The molecule has 1 fully saturated rings. The third-order valence-electron chi connectivity index (χ3n) is 6.02. The average molecular weight is 434 g/mol. The topological polar surface area (TPSA) is 70.5 Å². The van der Waals surface area contributed by atoms with Crippen LogP contribution in [0.1, 0.15) is 17.6 Å². The van der Waals surface area contributed by atoms with E-state index in [4.69, 9.17) is 12.2 Å². The number of benzene rings is 2. The number of anilines is 2. The Balaban J connectivity index is 1.21. The molecule has 1 amide bonds. The van der Waals surface area contributed by atoms with Gasteiger partial charge in [0.05, 0.1) is 5.52 Å². The van der Waals surface area contributed by atoms with E-state index in [9.17, 15) is 9.59 Å². The number of hydrogen-bond donors (Lipinski definition) is 1. The number of para-hydroxylation sites is 2. The Bertz CT molecular complexity index is 1200. The number of rotatable bonds is 4. The SMILES string of the molecule is O=C(CC[C@@H]1Nc2c3ccccc3nc(=S)n2C1=O)N1CCN(c2ccccc2)CC1. The van der Waals surface area contributed by atoms with Crippen molar-refractivity contribution in [1.29, 1.82) is 0 Å². The monoisotopic (exact) mass is 433 g/mol. The maximum atomic E-state index is 12.9. The first-order valence-electron chi connectivity index (χ1n) is 10.5. The largest absolute Gasteiger partial charge is 0.368 e. The second kappa shape index (κ2) is 8.11. The van der Waals surface area contributed by atoms with E-state index >= 15 is 0 Å². The average Bonchev–Trinajstić information content (AvgIpc) is 3.15. The summed E-state index contributed by atoms with van der Waals surface area (Å²) in [4.78, 5) is 34.3. The van der Waals surface area contributed by atoms with Crippen molar-refractivity contribution >= 4 is 46.4 Å². The van der Waals surface area contributed by atoms with E-state index in [1.54, 1.807) is 0 Å². The van der Waals surface area contributed by atoms with Crippen molar-refractivity contribution in [3.63, 3.8) is 0 Å². The van der Waals surface area contributed by atoms with Gasteiger partial charge in [-0.3, -0.25) is 9.59 Å². The summed E-state index contributed by atoms with van der Waals surface area (Å²) in [6, 6.07) is 17.4. The lowest BCUT2D eigenvalue weighted by Crippen LogP contribution is -2.49. The Labute approximate surface area is 185 Å². The molecular weight excluding hydrogens is 410 g/mol. The van der Waals surface area contributed by atoms with Crippen molar-refractivity contribution in [3.8, 4) is 0 Å². The molecule has 0 saturated carbocycles. The summed E-state index contributed by atoms with van der Waals surface area (Å²) in [7, 11) is 0. The van der Waals surface area contributed by atoms with Crippen molar-refractivity contribution in [3.05, 3.63) is 59.4 Å². The van der Waals surface area contributed by atoms with Gasteiger partial charge in [0.25, 0.3) is 5.91 Å². The third kappa shape index (κ3) is 3.67. The molecular formula is C23H23N5O2S. The van der Waals surface area contributed by atoms with Gasteiger partial charge in [-0.05, 0) is 42.9 Å². The Kier molecular flexibility index (Phi) is 5.15. The highest BCUT2D eigenvalue weighted by atomic mass is 32.1. The normalized spacial score (nSPS) is 18.2. The highest BCUT2D eigenvalue weighted by Crippen LogP contribution is 2.29. The van der Waals surface area contributed by atoms with Crippen molar-refractivity contribution in [1.82, 2.24) is 14.5 Å². The molecule has 0 bridgehead atoms. The van der Waals surface area contributed by atoms with Gasteiger partial charge in [-0.25, -0.2) is 9.55 Å². The van der Waals surface area contributed by atoms with Crippen molar-refractivity contribution < 1.29 is 9.59 Å². The Morgan fingerprint density at radius 2 is 1.74 bits per heavy atom. The van der Waals surface area contributed by atoms with Gasteiger partial charge in [-0.15, -0.1) is 0 Å². The zero-order chi connectivity index (χ0) is 21.4. The summed E-state index contributed by atoms with van der Waals surface area (Å²) in [6.45, 7) is 3.02. The smallest absolute Gasteiger partial charge is 0.257 e. The van der Waals surface area contributed by atoms with Gasteiger partial charge in [0.2, 0.25) is 10.7 Å². The summed E-state index contributed by atoms with van der Waals surface area (Å²) < 4.78 is 1.71. The van der Waals surface area contributed by atoms with Crippen LogP contribution in [0.15, 0.2) is 54.6 Å². The number of aromatic nitrogens is 2. The molecule has 2 aliphatic rings. The van der Waals surface area contributed by atoms with Gasteiger partial charge in [-0.2, -0.15) is 0 Å². The number of nitrogens with one attached hydrogen (secondary N) is 1. The zero-order valence-electron chi connectivity index (χ0n) is 17.0. The first kappa shape index (κ1) is 19.7. The lowest BCUT2D eigenvalue weighted by molar-refractivity contribution is -0.131. The van der Waals surface area contributed by atoms with Crippen LogP contribution >= 0.6 is 12.2 Å².